The topological polar surface area (TPSA) is 24.9 Å². The molecular formula is C16H22N2. The zero-order valence-electron chi connectivity index (χ0n) is 11.5. The Morgan fingerprint density at radius 1 is 1.17 bits per heavy atom. The van der Waals surface area contributed by atoms with Gasteiger partial charge in [0.2, 0.25) is 0 Å². The van der Waals surface area contributed by atoms with E-state index in [4.69, 9.17) is 0 Å². The molecular weight excluding hydrogens is 220 g/mol. The summed E-state index contributed by atoms with van der Waals surface area (Å²) in [6.45, 7) is 7.89. The molecule has 0 fully saturated rings. The number of aromatic nitrogens is 1. The van der Waals surface area contributed by atoms with Crippen LogP contribution in [0.25, 0.3) is 10.8 Å². The number of hydrogen-bond donors (Lipinski definition) is 1. The quantitative estimate of drug-likeness (QED) is 0.844. The highest BCUT2D eigenvalue weighted by Gasteiger charge is 2.06. The third-order valence-corrected chi connectivity index (χ3v) is 3.20. The van der Waals surface area contributed by atoms with Crippen molar-refractivity contribution in [1.82, 2.24) is 4.98 Å². The number of benzene rings is 1. The first kappa shape index (κ1) is 12.9. The van der Waals surface area contributed by atoms with Crippen LogP contribution in [0.2, 0.25) is 0 Å². The maximum absolute atomic E-state index is 4.16. The maximum Gasteiger partial charge on any atom is 0.0421 e. The molecule has 0 bridgehead atoms. The first-order chi connectivity index (χ1) is 8.66. The lowest BCUT2D eigenvalue weighted by molar-refractivity contribution is 0.455. The highest BCUT2D eigenvalue weighted by atomic mass is 14.9. The average molecular weight is 242 g/mol. The lowest BCUT2D eigenvalue weighted by Gasteiger charge is -2.16. The monoisotopic (exact) mass is 242 g/mol. The summed E-state index contributed by atoms with van der Waals surface area (Å²) in [7, 11) is 0. The molecule has 1 heterocycles. The Balaban J connectivity index is 2.08. The van der Waals surface area contributed by atoms with E-state index in [1.165, 1.54) is 22.9 Å². The molecule has 0 aliphatic heterocycles. The minimum Gasteiger partial charge on any atom is -0.384 e. The Morgan fingerprint density at radius 3 is 2.78 bits per heavy atom. The highest BCUT2D eigenvalue weighted by Crippen LogP contribution is 2.22. The molecule has 0 spiro atoms. The van der Waals surface area contributed by atoms with Crippen molar-refractivity contribution in [1.29, 1.82) is 0 Å². The molecule has 1 unspecified atom stereocenters. The first-order valence-electron chi connectivity index (χ1n) is 6.73. The van der Waals surface area contributed by atoms with Crippen molar-refractivity contribution in [2.75, 3.05) is 11.9 Å². The zero-order chi connectivity index (χ0) is 13.0. The van der Waals surface area contributed by atoms with Gasteiger partial charge < -0.3 is 5.32 Å². The predicted molar refractivity (Wildman–Crippen MR) is 78.9 cm³/mol. The number of nitrogens with one attached hydrogen (secondary N) is 1. The van der Waals surface area contributed by atoms with E-state index in [0.717, 1.165) is 12.5 Å². The lowest BCUT2D eigenvalue weighted by atomic mass is 9.99. The molecule has 0 radical (unpaired) electrons. The van der Waals surface area contributed by atoms with Crippen LogP contribution in [0.5, 0.6) is 0 Å². The fraction of sp³-hybridized carbons (Fsp3) is 0.438. The Bertz CT molecular complexity index is 500. The standard InChI is InChI=1S/C16H22N2/c1-12(2)9-13(3)10-18-16-6-4-5-14-11-17-8-7-15(14)16/h4-8,11-13,18H,9-10H2,1-3H3. The van der Waals surface area contributed by atoms with Gasteiger partial charge in [0, 0.05) is 35.4 Å². The lowest BCUT2D eigenvalue weighted by Crippen LogP contribution is -2.13. The maximum atomic E-state index is 4.16. The van der Waals surface area contributed by atoms with Gasteiger partial charge in [-0.1, -0.05) is 32.9 Å². The minimum atomic E-state index is 0.696. The minimum absolute atomic E-state index is 0.696. The van der Waals surface area contributed by atoms with Crippen molar-refractivity contribution in [2.45, 2.75) is 27.2 Å². The number of pyridine rings is 1. The van der Waals surface area contributed by atoms with Gasteiger partial charge in [0.15, 0.2) is 0 Å². The number of hydrogen-bond acceptors (Lipinski definition) is 2. The third kappa shape index (κ3) is 3.22. The summed E-state index contributed by atoms with van der Waals surface area (Å²) in [4.78, 5) is 4.16. The molecule has 0 saturated heterocycles. The molecule has 0 saturated carbocycles. The normalized spacial score (nSPS) is 12.9. The Morgan fingerprint density at radius 2 is 2.00 bits per heavy atom. The molecule has 2 heteroatoms. The van der Waals surface area contributed by atoms with E-state index >= 15 is 0 Å². The summed E-state index contributed by atoms with van der Waals surface area (Å²) < 4.78 is 0. The molecule has 2 aromatic rings. The molecule has 96 valence electrons. The number of nitrogens with zero attached hydrogens (tertiary/aromatic N) is 1. The summed E-state index contributed by atoms with van der Waals surface area (Å²) >= 11 is 0. The largest absolute Gasteiger partial charge is 0.384 e. The highest BCUT2D eigenvalue weighted by molar-refractivity contribution is 5.93. The van der Waals surface area contributed by atoms with Gasteiger partial charge in [0.1, 0.15) is 0 Å². The second-order valence-electron chi connectivity index (χ2n) is 5.52. The average Bonchev–Trinajstić information content (AvgIpc) is 2.35. The van der Waals surface area contributed by atoms with Crippen molar-refractivity contribution in [3.8, 4) is 0 Å². The van der Waals surface area contributed by atoms with E-state index in [1.807, 2.05) is 12.4 Å². The number of rotatable bonds is 5. The van der Waals surface area contributed by atoms with Gasteiger partial charge in [-0.3, -0.25) is 4.98 Å². The number of anilines is 1. The summed E-state index contributed by atoms with van der Waals surface area (Å²) in [5, 5.41) is 6.01. The zero-order valence-corrected chi connectivity index (χ0v) is 11.5. The molecule has 1 atom stereocenters. The fourth-order valence-electron chi connectivity index (χ4n) is 2.45. The van der Waals surface area contributed by atoms with Crippen LogP contribution >= 0.6 is 0 Å². The van der Waals surface area contributed by atoms with E-state index in [1.54, 1.807) is 0 Å². The second kappa shape index (κ2) is 5.85. The van der Waals surface area contributed by atoms with Crippen molar-refractivity contribution in [3.63, 3.8) is 0 Å². The van der Waals surface area contributed by atoms with Crippen molar-refractivity contribution >= 4 is 16.5 Å². The van der Waals surface area contributed by atoms with Crippen molar-refractivity contribution in [3.05, 3.63) is 36.7 Å². The van der Waals surface area contributed by atoms with Crippen LogP contribution in [-0.4, -0.2) is 11.5 Å². The van der Waals surface area contributed by atoms with E-state index in [9.17, 15) is 0 Å². The Hall–Kier alpha value is -1.57. The van der Waals surface area contributed by atoms with Crippen LogP contribution in [-0.2, 0) is 0 Å². The molecule has 0 aliphatic rings. The molecule has 1 aromatic heterocycles. The molecule has 0 amide bonds. The van der Waals surface area contributed by atoms with Crippen LogP contribution in [0.1, 0.15) is 27.2 Å². The van der Waals surface area contributed by atoms with Gasteiger partial charge in [-0.2, -0.15) is 0 Å². The predicted octanol–water partition coefficient (Wildman–Crippen LogP) is 4.33. The number of fused-ring (bicyclic) bond motifs is 1. The van der Waals surface area contributed by atoms with Crippen LogP contribution in [0, 0.1) is 11.8 Å². The van der Waals surface area contributed by atoms with E-state index < -0.39 is 0 Å². The Labute approximate surface area is 109 Å². The van der Waals surface area contributed by atoms with Gasteiger partial charge >= 0.3 is 0 Å². The van der Waals surface area contributed by atoms with Gasteiger partial charge in [-0.15, -0.1) is 0 Å². The van der Waals surface area contributed by atoms with Gasteiger partial charge in [-0.25, -0.2) is 0 Å². The third-order valence-electron chi connectivity index (χ3n) is 3.20. The summed E-state index contributed by atoms with van der Waals surface area (Å²) in [5.41, 5.74) is 1.21. The summed E-state index contributed by atoms with van der Waals surface area (Å²) in [6, 6.07) is 8.40. The molecule has 2 rings (SSSR count). The molecule has 2 nitrogen and oxygen atoms in total. The molecule has 0 aliphatic carbocycles. The SMILES string of the molecule is CC(C)CC(C)CNc1cccc2cnccc12. The first-order valence-corrected chi connectivity index (χ1v) is 6.73. The van der Waals surface area contributed by atoms with Crippen LogP contribution in [0.3, 0.4) is 0 Å². The molecule has 1 aromatic carbocycles. The Kier molecular flexibility index (Phi) is 4.19. The smallest absolute Gasteiger partial charge is 0.0421 e. The van der Waals surface area contributed by atoms with Crippen LogP contribution in [0.4, 0.5) is 5.69 Å². The van der Waals surface area contributed by atoms with Gasteiger partial charge in [0.25, 0.3) is 0 Å². The summed E-state index contributed by atoms with van der Waals surface area (Å²) in [6.07, 6.45) is 5.03. The van der Waals surface area contributed by atoms with Crippen molar-refractivity contribution < 1.29 is 0 Å². The van der Waals surface area contributed by atoms with E-state index in [0.29, 0.717) is 5.92 Å². The fourth-order valence-corrected chi connectivity index (χ4v) is 2.45. The van der Waals surface area contributed by atoms with Crippen LogP contribution in [0.15, 0.2) is 36.7 Å². The second-order valence-corrected chi connectivity index (χ2v) is 5.52. The van der Waals surface area contributed by atoms with Gasteiger partial charge in [0.05, 0.1) is 0 Å². The molecule has 18 heavy (non-hydrogen) atoms. The van der Waals surface area contributed by atoms with Crippen molar-refractivity contribution in [2.24, 2.45) is 11.8 Å². The van der Waals surface area contributed by atoms with Crippen LogP contribution < -0.4 is 5.32 Å². The molecule has 1 N–H and O–H groups in total. The van der Waals surface area contributed by atoms with E-state index in [2.05, 4.69) is 55.3 Å². The van der Waals surface area contributed by atoms with Gasteiger partial charge in [-0.05, 0) is 30.4 Å². The van der Waals surface area contributed by atoms with E-state index in [-0.39, 0.29) is 0 Å². The summed E-state index contributed by atoms with van der Waals surface area (Å²) in [5.74, 6) is 1.46.